The number of fused-ring (bicyclic) bond motifs is 1. The van der Waals surface area contributed by atoms with E-state index in [1.54, 1.807) is 6.07 Å². The van der Waals surface area contributed by atoms with Crippen LogP contribution in [0.15, 0.2) is 34.1 Å². The third-order valence-corrected chi connectivity index (χ3v) is 5.30. The minimum atomic E-state index is -0.356. The molecule has 5 nitrogen and oxygen atoms in total. The molecule has 0 bridgehead atoms. The molecule has 0 amide bonds. The molecule has 0 atom stereocenters. The van der Waals surface area contributed by atoms with Crippen molar-refractivity contribution in [2.75, 3.05) is 25.0 Å². The summed E-state index contributed by atoms with van der Waals surface area (Å²) in [5.41, 5.74) is 2.10. The van der Waals surface area contributed by atoms with Crippen molar-refractivity contribution in [3.05, 3.63) is 54.7 Å². The fraction of sp³-hybridized carbons (Fsp3) is 0.333. The van der Waals surface area contributed by atoms with E-state index in [0.29, 0.717) is 16.7 Å². The zero-order chi connectivity index (χ0) is 15.5. The van der Waals surface area contributed by atoms with Gasteiger partial charge >= 0.3 is 0 Å². The van der Waals surface area contributed by atoms with Crippen LogP contribution in [-0.4, -0.2) is 29.5 Å². The minimum Gasteiger partial charge on any atom is -0.378 e. The first kappa shape index (κ1) is 15.5. The van der Waals surface area contributed by atoms with Crippen LogP contribution in [0.4, 0.5) is 11.4 Å². The Morgan fingerprint density at radius 2 is 2.27 bits per heavy atom. The standard InChI is InChI=1S/C15H16BrN3O2S/c16-12-1-2-13(14(9-12)19(20)21)17-5-7-18-6-3-15-11(10-18)4-8-22-15/h1-2,4,8-9,17H,3,5-7,10H2. The zero-order valence-corrected chi connectivity index (χ0v) is 14.3. The number of anilines is 1. The first-order chi connectivity index (χ1) is 10.6. The Morgan fingerprint density at radius 3 is 3.09 bits per heavy atom. The van der Waals surface area contributed by atoms with Crippen molar-refractivity contribution in [2.24, 2.45) is 0 Å². The topological polar surface area (TPSA) is 58.4 Å². The van der Waals surface area contributed by atoms with E-state index in [4.69, 9.17) is 0 Å². The fourth-order valence-electron chi connectivity index (χ4n) is 2.65. The number of nitro groups is 1. The van der Waals surface area contributed by atoms with Crippen LogP contribution in [-0.2, 0) is 13.0 Å². The summed E-state index contributed by atoms with van der Waals surface area (Å²) < 4.78 is 0.714. The van der Waals surface area contributed by atoms with Gasteiger partial charge in [0.25, 0.3) is 5.69 Å². The molecular formula is C15H16BrN3O2S. The van der Waals surface area contributed by atoms with Crippen LogP contribution < -0.4 is 5.32 Å². The van der Waals surface area contributed by atoms with Gasteiger partial charge in [0.1, 0.15) is 5.69 Å². The molecule has 1 aliphatic heterocycles. The van der Waals surface area contributed by atoms with Crippen LogP contribution in [0.2, 0.25) is 0 Å². The maximum atomic E-state index is 11.1. The Labute approximate surface area is 141 Å². The summed E-state index contributed by atoms with van der Waals surface area (Å²) in [6, 6.07) is 7.28. The predicted octanol–water partition coefficient (Wildman–Crippen LogP) is 3.89. The molecular weight excluding hydrogens is 366 g/mol. The van der Waals surface area contributed by atoms with Gasteiger partial charge in [-0.15, -0.1) is 11.3 Å². The molecule has 0 aliphatic carbocycles. The fourth-order valence-corrected chi connectivity index (χ4v) is 3.89. The second-order valence-electron chi connectivity index (χ2n) is 5.24. The number of halogens is 1. The van der Waals surface area contributed by atoms with E-state index in [1.807, 2.05) is 17.4 Å². The molecule has 22 heavy (non-hydrogen) atoms. The first-order valence-electron chi connectivity index (χ1n) is 7.09. The number of nitrogens with zero attached hydrogens (tertiary/aromatic N) is 2. The maximum absolute atomic E-state index is 11.1. The molecule has 0 unspecified atom stereocenters. The number of thiophene rings is 1. The monoisotopic (exact) mass is 381 g/mol. The molecule has 1 aliphatic rings. The molecule has 3 rings (SSSR count). The second kappa shape index (κ2) is 6.76. The summed E-state index contributed by atoms with van der Waals surface area (Å²) in [5, 5.41) is 16.4. The Balaban J connectivity index is 1.57. The zero-order valence-electron chi connectivity index (χ0n) is 11.9. The van der Waals surface area contributed by atoms with Crippen LogP contribution in [0.3, 0.4) is 0 Å². The molecule has 1 N–H and O–H groups in total. The third kappa shape index (κ3) is 3.48. The van der Waals surface area contributed by atoms with Crippen molar-refractivity contribution in [2.45, 2.75) is 13.0 Å². The molecule has 0 saturated carbocycles. The molecule has 2 aromatic rings. The number of rotatable bonds is 5. The lowest BCUT2D eigenvalue weighted by Crippen LogP contribution is -2.33. The third-order valence-electron chi connectivity index (χ3n) is 3.79. The summed E-state index contributed by atoms with van der Waals surface area (Å²) in [4.78, 5) is 14.6. The van der Waals surface area contributed by atoms with Crippen molar-refractivity contribution in [3.8, 4) is 0 Å². The van der Waals surface area contributed by atoms with Gasteiger partial charge < -0.3 is 5.32 Å². The lowest BCUT2D eigenvalue weighted by atomic mass is 10.1. The molecule has 1 aromatic carbocycles. The summed E-state index contributed by atoms with van der Waals surface area (Å²) in [6.07, 6.45) is 1.10. The average molecular weight is 382 g/mol. The van der Waals surface area contributed by atoms with E-state index in [9.17, 15) is 10.1 Å². The van der Waals surface area contributed by atoms with E-state index < -0.39 is 0 Å². The van der Waals surface area contributed by atoms with Crippen LogP contribution in [0.25, 0.3) is 0 Å². The molecule has 0 saturated heterocycles. The van der Waals surface area contributed by atoms with Gasteiger partial charge in [0.2, 0.25) is 0 Å². The van der Waals surface area contributed by atoms with Crippen LogP contribution in [0.5, 0.6) is 0 Å². The van der Waals surface area contributed by atoms with Crippen molar-refractivity contribution in [1.82, 2.24) is 4.90 Å². The summed E-state index contributed by atoms with van der Waals surface area (Å²) >= 11 is 5.10. The van der Waals surface area contributed by atoms with E-state index in [2.05, 4.69) is 37.6 Å². The Morgan fingerprint density at radius 1 is 1.41 bits per heavy atom. The van der Waals surface area contributed by atoms with Gasteiger partial charge in [-0.3, -0.25) is 15.0 Å². The highest BCUT2D eigenvalue weighted by molar-refractivity contribution is 9.10. The van der Waals surface area contributed by atoms with E-state index >= 15 is 0 Å². The highest BCUT2D eigenvalue weighted by atomic mass is 79.9. The Bertz CT molecular complexity index is 689. The average Bonchev–Trinajstić information content (AvgIpc) is 2.96. The van der Waals surface area contributed by atoms with Crippen LogP contribution in [0.1, 0.15) is 10.4 Å². The SMILES string of the molecule is O=[N+]([O-])c1cc(Br)ccc1NCCN1CCc2sccc2C1. The number of benzene rings is 1. The summed E-state index contributed by atoms with van der Waals surface area (Å²) in [7, 11) is 0. The highest BCUT2D eigenvalue weighted by Crippen LogP contribution is 2.28. The maximum Gasteiger partial charge on any atom is 0.293 e. The second-order valence-corrected chi connectivity index (χ2v) is 7.16. The van der Waals surface area contributed by atoms with Gasteiger partial charge in [-0.1, -0.05) is 15.9 Å². The number of nitrogens with one attached hydrogen (secondary N) is 1. The minimum absolute atomic E-state index is 0.105. The van der Waals surface area contributed by atoms with Gasteiger partial charge in [0.15, 0.2) is 0 Å². The van der Waals surface area contributed by atoms with Crippen molar-refractivity contribution in [3.63, 3.8) is 0 Å². The molecule has 0 radical (unpaired) electrons. The van der Waals surface area contributed by atoms with Gasteiger partial charge in [-0.2, -0.15) is 0 Å². The summed E-state index contributed by atoms with van der Waals surface area (Å²) in [5.74, 6) is 0. The molecule has 116 valence electrons. The smallest absolute Gasteiger partial charge is 0.293 e. The molecule has 0 fully saturated rings. The largest absolute Gasteiger partial charge is 0.378 e. The van der Waals surface area contributed by atoms with Crippen molar-refractivity contribution >= 4 is 38.6 Å². The van der Waals surface area contributed by atoms with Gasteiger partial charge in [-0.05, 0) is 35.6 Å². The lowest BCUT2D eigenvalue weighted by molar-refractivity contribution is -0.384. The summed E-state index contributed by atoms with van der Waals surface area (Å²) in [6.45, 7) is 3.60. The van der Waals surface area contributed by atoms with Gasteiger partial charge in [0, 0.05) is 41.6 Å². The van der Waals surface area contributed by atoms with Crippen LogP contribution >= 0.6 is 27.3 Å². The molecule has 2 heterocycles. The van der Waals surface area contributed by atoms with Crippen molar-refractivity contribution < 1.29 is 4.92 Å². The van der Waals surface area contributed by atoms with E-state index in [0.717, 1.165) is 26.1 Å². The molecule has 7 heteroatoms. The number of nitro benzene ring substituents is 1. The Kier molecular flexibility index (Phi) is 4.75. The highest BCUT2D eigenvalue weighted by Gasteiger charge is 2.17. The van der Waals surface area contributed by atoms with Gasteiger partial charge in [0.05, 0.1) is 4.92 Å². The molecule has 0 spiro atoms. The normalized spacial score (nSPS) is 14.6. The van der Waals surface area contributed by atoms with Crippen molar-refractivity contribution in [1.29, 1.82) is 0 Å². The first-order valence-corrected chi connectivity index (χ1v) is 8.76. The van der Waals surface area contributed by atoms with Crippen LogP contribution in [0, 0.1) is 10.1 Å². The lowest BCUT2D eigenvalue weighted by Gasteiger charge is -2.26. The number of hydrogen-bond donors (Lipinski definition) is 1. The van der Waals surface area contributed by atoms with Gasteiger partial charge in [-0.25, -0.2) is 0 Å². The number of hydrogen-bond acceptors (Lipinski definition) is 5. The Hall–Kier alpha value is -1.44. The van der Waals surface area contributed by atoms with E-state index in [-0.39, 0.29) is 10.6 Å². The quantitative estimate of drug-likeness (QED) is 0.630. The van der Waals surface area contributed by atoms with E-state index in [1.165, 1.54) is 16.5 Å². The predicted molar refractivity (Wildman–Crippen MR) is 92.6 cm³/mol. The molecule has 1 aromatic heterocycles.